The van der Waals surface area contributed by atoms with Crippen LogP contribution in [0.2, 0.25) is 0 Å². The van der Waals surface area contributed by atoms with Crippen molar-refractivity contribution in [1.82, 2.24) is 9.55 Å². The summed E-state index contributed by atoms with van der Waals surface area (Å²) in [7, 11) is 0. The maximum atomic E-state index is 11.6. The summed E-state index contributed by atoms with van der Waals surface area (Å²) >= 11 is 0. The Morgan fingerprint density at radius 3 is 3.05 bits per heavy atom. The van der Waals surface area contributed by atoms with E-state index < -0.39 is 0 Å². The molecule has 0 aliphatic carbocycles. The molecule has 4 rings (SSSR count). The predicted octanol–water partition coefficient (Wildman–Crippen LogP) is 4.21. The molecule has 1 aromatic carbocycles. The molecule has 2 aromatic heterocycles. The maximum Gasteiger partial charge on any atom is 0.155 e. The van der Waals surface area contributed by atoms with Gasteiger partial charge in [-0.05, 0) is 37.5 Å². The van der Waals surface area contributed by atoms with Gasteiger partial charge >= 0.3 is 0 Å². The number of carbonyl (C=O) groups excluding carboxylic acids is 1. The van der Waals surface area contributed by atoms with Crippen LogP contribution < -0.4 is 0 Å². The van der Waals surface area contributed by atoms with Gasteiger partial charge in [0, 0.05) is 34.9 Å². The van der Waals surface area contributed by atoms with Gasteiger partial charge in [-0.3, -0.25) is 9.78 Å². The molecule has 3 aromatic rings. The number of hydrogen-bond donors (Lipinski definition) is 0. The number of allylic oxidation sites excluding steroid dienone is 1. The average Bonchev–Trinajstić information content (AvgIpc) is 2.91. The lowest BCUT2D eigenvalue weighted by Gasteiger charge is -2.26. The van der Waals surface area contributed by atoms with E-state index in [-0.39, 0.29) is 5.78 Å². The normalized spacial score (nSPS) is 17.0. The van der Waals surface area contributed by atoms with Gasteiger partial charge < -0.3 is 4.57 Å². The van der Waals surface area contributed by atoms with Crippen LogP contribution in [0.5, 0.6) is 0 Å². The summed E-state index contributed by atoms with van der Waals surface area (Å²) in [5.41, 5.74) is 3.69. The van der Waals surface area contributed by atoms with Gasteiger partial charge in [-0.15, -0.1) is 0 Å². The molecule has 0 bridgehead atoms. The Bertz CT molecular complexity index is 891. The molecule has 3 nitrogen and oxygen atoms in total. The zero-order valence-corrected chi connectivity index (χ0v) is 12.5. The Hall–Kier alpha value is -2.42. The molecule has 0 saturated carbocycles. The number of nitrogens with zero attached hydrogens (tertiary/aromatic N) is 2. The van der Waals surface area contributed by atoms with Crippen LogP contribution in [-0.4, -0.2) is 15.3 Å². The van der Waals surface area contributed by atoms with E-state index in [9.17, 15) is 4.79 Å². The highest BCUT2D eigenvalue weighted by molar-refractivity contribution is 6.09. The van der Waals surface area contributed by atoms with Crippen LogP contribution in [0.25, 0.3) is 21.8 Å². The van der Waals surface area contributed by atoms with E-state index in [1.807, 2.05) is 6.20 Å². The van der Waals surface area contributed by atoms with Crippen molar-refractivity contribution in [2.24, 2.45) is 0 Å². The first-order chi connectivity index (χ1) is 10.8. The topological polar surface area (TPSA) is 34.9 Å². The summed E-state index contributed by atoms with van der Waals surface area (Å²) in [5, 5.41) is 2.56. The SMILES string of the molecule is C=CC(=O)CCC1CCc2nccc3c4ccccc4n1c23. The van der Waals surface area contributed by atoms with E-state index >= 15 is 0 Å². The summed E-state index contributed by atoms with van der Waals surface area (Å²) in [5.74, 6) is 0.129. The number of rotatable bonds is 4. The molecule has 0 amide bonds. The minimum absolute atomic E-state index is 0.129. The van der Waals surface area contributed by atoms with Gasteiger partial charge in [0.2, 0.25) is 0 Å². The Labute approximate surface area is 129 Å². The van der Waals surface area contributed by atoms with Crippen LogP contribution in [0.1, 0.15) is 31.0 Å². The molecule has 1 aliphatic heterocycles. The summed E-state index contributed by atoms with van der Waals surface area (Å²) in [6.45, 7) is 3.57. The van der Waals surface area contributed by atoms with E-state index in [0.29, 0.717) is 12.5 Å². The fraction of sp³-hybridized carbons (Fsp3) is 0.263. The van der Waals surface area contributed by atoms with Crippen molar-refractivity contribution < 1.29 is 4.79 Å². The number of ketones is 1. The third-order valence-electron chi connectivity index (χ3n) is 4.73. The number of aryl methyl sites for hydroxylation is 1. The molecule has 3 heterocycles. The van der Waals surface area contributed by atoms with E-state index in [4.69, 9.17) is 0 Å². The second-order valence-electron chi connectivity index (χ2n) is 5.94. The van der Waals surface area contributed by atoms with Crippen LogP contribution in [0.3, 0.4) is 0 Å². The van der Waals surface area contributed by atoms with Gasteiger partial charge in [0.25, 0.3) is 0 Å². The molecule has 0 spiro atoms. The molecule has 1 unspecified atom stereocenters. The smallest absolute Gasteiger partial charge is 0.155 e. The van der Waals surface area contributed by atoms with Crippen LogP contribution in [-0.2, 0) is 11.2 Å². The highest BCUT2D eigenvalue weighted by Crippen LogP contribution is 2.39. The number of aromatic nitrogens is 2. The van der Waals surface area contributed by atoms with Crippen molar-refractivity contribution >= 4 is 27.6 Å². The second kappa shape index (κ2) is 5.09. The van der Waals surface area contributed by atoms with Gasteiger partial charge in [0.15, 0.2) is 5.78 Å². The van der Waals surface area contributed by atoms with E-state index in [0.717, 1.165) is 19.3 Å². The minimum atomic E-state index is 0.129. The first-order valence-corrected chi connectivity index (χ1v) is 7.81. The van der Waals surface area contributed by atoms with Crippen molar-refractivity contribution in [1.29, 1.82) is 0 Å². The summed E-state index contributed by atoms with van der Waals surface area (Å²) in [6, 6.07) is 11.0. The molecular weight excluding hydrogens is 272 g/mol. The summed E-state index contributed by atoms with van der Waals surface area (Å²) < 4.78 is 2.41. The lowest BCUT2D eigenvalue weighted by Crippen LogP contribution is -2.17. The number of hydrogen-bond acceptors (Lipinski definition) is 2. The van der Waals surface area contributed by atoms with Gasteiger partial charge in [0.1, 0.15) is 0 Å². The highest BCUT2D eigenvalue weighted by atomic mass is 16.1. The lowest BCUT2D eigenvalue weighted by molar-refractivity contribution is -0.114. The fourth-order valence-electron chi connectivity index (χ4n) is 3.69. The zero-order chi connectivity index (χ0) is 15.1. The molecule has 22 heavy (non-hydrogen) atoms. The van der Waals surface area contributed by atoms with Gasteiger partial charge in [-0.25, -0.2) is 0 Å². The third kappa shape index (κ3) is 1.89. The maximum absolute atomic E-state index is 11.6. The van der Waals surface area contributed by atoms with Crippen LogP contribution in [0.15, 0.2) is 49.2 Å². The van der Waals surface area contributed by atoms with E-state index in [1.54, 1.807) is 0 Å². The number of pyridine rings is 1. The minimum Gasteiger partial charge on any atom is -0.336 e. The van der Waals surface area contributed by atoms with Crippen LogP contribution in [0, 0.1) is 0 Å². The standard InChI is InChI=1S/C19H18N2O/c1-2-14(22)9-7-13-8-10-17-19-16(11-12-20-17)15-5-3-4-6-18(15)21(13)19/h2-6,11-13H,1,7-10H2. The number of carbonyl (C=O) groups is 1. The molecule has 0 radical (unpaired) electrons. The molecule has 110 valence electrons. The monoisotopic (exact) mass is 290 g/mol. The molecule has 3 heteroatoms. The third-order valence-corrected chi connectivity index (χ3v) is 4.73. The number of para-hydroxylation sites is 1. The first kappa shape index (κ1) is 13.3. The van der Waals surface area contributed by atoms with Gasteiger partial charge in [0.05, 0.1) is 11.2 Å². The van der Waals surface area contributed by atoms with Crippen molar-refractivity contribution in [2.45, 2.75) is 31.7 Å². The molecular formula is C19H18N2O. The summed E-state index contributed by atoms with van der Waals surface area (Å²) in [4.78, 5) is 16.2. The number of benzene rings is 1. The zero-order valence-electron chi connectivity index (χ0n) is 12.5. The molecule has 0 N–H and O–H groups in total. The average molecular weight is 290 g/mol. The van der Waals surface area contributed by atoms with Gasteiger partial charge in [-0.2, -0.15) is 0 Å². The van der Waals surface area contributed by atoms with Crippen molar-refractivity contribution in [3.05, 3.63) is 54.9 Å². The first-order valence-electron chi connectivity index (χ1n) is 7.81. The van der Waals surface area contributed by atoms with Crippen molar-refractivity contribution in [3.8, 4) is 0 Å². The van der Waals surface area contributed by atoms with Crippen LogP contribution >= 0.6 is 0 Å². The fourth-order valence-corrected chi connectivity index (χ4v) is 3.69. The van der Waals surface area contributed by atoms with Crippen molar-refractivity contribution in [3.63, 3.8) is 0 Å². The molecule has 0 fully saturated rings. The quantitative estimate of drug-likeness (QED) is 0.675. The molecule has 1 atom stereocenters. The second-order valence-corrected chi connectivity index (χ2v) is 5.94. The molecule has 1 aliphatic rings. The Kier molecular flexibility index (Phi) is 3.07. The Balaban J connectivity index is 1.91. The highest BCUT2D eigenvalue weighted by Gasteiger charge is 2.25. The molecule has 0 saturated heterocycles. The van der Waals surface area contributed by atoms with E-state index in [2.05, 4.69) is 46.5 Å². The largest absolute Gasteiger partial charge is 0.336 e. The lowest BCUT2D eigenvalue weighted by atomic mass is 9.98. The predicted molar refractivity (Wildman–Crippen MR) is 89.0 cm³/mol. The van der Waals surface area contributed by atoms with Gasteiger partial charge in [-0.1, -0.05) is 24.8 Å². The number of fused-ring (bicyclic) bond motifs is 3. The Morgan fingerprint density at radius 1 is 1.32 bits per heavy atom. The van der Waals surface area contributed by atoms with Crippen LogP contribution in [0.4, 0.5) is 0 Å². The Morgan fingerprint density at radius 2 is 2.18 bits per heavy atom. The van der Waals surface area contributed by atoms with Crippen molar-refractivity contribution in [2.75, 3.05) is 0 Å². The summed E-state index contributed by atoms with van der Waals surface area (Å²) in [6.07, 6.45) is 6.81. The van der Waals surface area contributed by atoms with E-state index in [1.165, 1.54) is 33.6 Å².